The lowest BCUT2D eigenvalue weighted by molar-refractivity contribution is -0.127. The minimum atomic E-state index is 0.348. The summed E-state index contributed by atoms with van der Waals surface area (Å²) in [6.07, 6.45) is 6.86. The van der Waals surface area contributed by atoms with E-state index < -0.39 is 0 Å². The van der Waals surface area contributed by atoms with E-state index in [1.54, 1.807) is 0 Å². The van der Waals surface area contributed by atoms with Gasteiger partial charge in [0.1, 0.15) is 5.82 Å². The molecule has 6 nitrogen and oxygen atoms in total. The van der Waals surface area contributed by atoms with Crippen LogP contribution in [0.4, 0.5) is 0 Å². The van der Waals surface area contributed by atoms with Crippen LogP contribution in [-0.4, -0.2) is 76.0 Å². The molecule has 3 heterocycles. The number of aryl methyl sites for hydroxylation is 1. The molecule has 6 heteroatoms. The van der Waals surface area contributed by atoms with E-state index in [1.165, 1.54) is 5.82 Å². The average molecular weight is 319 g/mol. The highest BCUT2D eigenvalue weighted by Crippen LogP contribution is 2.11. The van der Waals surface area contributed by atoms with Gasteiger partial charge in [-0.05, 0) is 26.3 Å². The van der Waals surface area contributed by atoms with Gasteiger partial charge in [0.25, 0.3) is 0 Å². The van der Waals surface area contributed by atoms with Gasteiger partial charge in [0, 0.05) is 64.6 Å². The van der Waals surface area contributed by atoms with E-state index in [0.29, 0.717) is 5.91 Å². The fourth-order valence-corrected chi connectivity index (χ4v) is 3.58. The minimum absolute atomic E-state index is 0.348. The van der Waals surface area contributed by atoms with E-state index in [2.05, 4.69) is 32.5 Å². The van der Waals surface area contributed by atoms with Crippen LogP contribution in [0.5, 0.6) is 0 Å². The second-order valence-corrected chi connectivity index (χ2v) is 6.59. The third-order valence-corrected chi connectivity index (χ3v) is 5.05. The maximum absolute atomic E-state index is 11.6. The molecular formula is C17H29N5O. The normalized spacial score (nSPS) is 20.6. The number of piperazine rings is 1. The molecule has 0 saturated carbocycles. The number of amides is 1. The van der Waals surface area contributed by atoms with E-state index in [0.717, 1.165) is 78.2 Å². The summed E-state index contributed by atoms with van der Waals surface area (Å²) in [5.41, 5.74) is 0. The average Bonchev–Trinajstić information content (AvgIpc) is 3.18. The molecule has 2 aliphatic heterocycles. The van der Waals surface area contributed by atoms with Crippen molar-refractivity contribution < 1.29 is 4.79 Å². The molecule has 0 unspecified atom stereocenters. The first kappa shape index (κ1) is 16.5. The monoisotopic (exact) mass is 319 g/mol. The van der Waals surface area contributed by atoms with Crippen LogP contribution < -0.4 is 0 Å². The number of rotatable bonds is 7. The number of hydrogen-bond acceptors (Lipinski definition) is 4. The van der Waals surface area contributed by atoms with Crippen LogP contribution in [0.25, 0.3) is 0 Å². The lowest BCUT2D eigenvalue weighted by Crippen LogP contribution is -2.46. The first-order valence-corrected chi connectivity index (χ1v) is 8.98. The van der Waals surface area contributed by atoms with Crippen molar-refractivity contribution in [2.24, 2.45) is 0 Å². The highest BCUT2D eigenvalue weighted by molar-refractivity contribution is 5.77. The van der Waals surface area contributed by atoms with Crippen LogP contribution >= 0.6 is 0 Å². The maximum Gasteiger partial charge on any atom is 0.222 e. The smallest absolute Gasteiger partial charge is 0.222 e. The second-order valence-electron chi connectivity index (χ2n) is 6.59. The molecule has 0 N–H and O–H groups in total. The van der Waals surface area contributed by atoms with Crippen molar-refractivity contribution >= 4 is 5.91 Å². The fraction of sp³-hybridized carbons (Fsp3) is 0.765. The molecular weight excluding hydrogens is 290 g/mol. The predicted molar refractivity (Wildman–Crippen MR) is 90.0 cm³/mol. The SMILES string of the molecule is CCn1ccnc1CN1CCN(CCCN2CCCC2=O)CC1. The molecule has 0 radical (unpaired) electrons. The first-order valence-electron chi connectivity index (χ1n) is 8.98. The molecule has 0 bridgehead atoms. The number of carbonyl (C=O) groups excluding carboxylic acids is 1. The van der Waals surface area contributed by atoms with Crippen molar-refractivity contribution in [1.82, 2.24) is 24.3 Å². The summed E-state index contributed by atoms with van der Waals surface area (Å²) in [6.45, 7) is 11.6. The number of aromatic nitrogens is 2. The van der Waals surface area contributed by atoms with Gasteiger partial charge in [-0.2, -0.15) is 0 Å². The Morgan fingerprint density at radius 2 is 1.87 bits per heavy atom. The zero-order valence-corrected chi connectivity index (χ0v) is 14.3. The number of likely N-dealkylation sites (tertiary alicyclic amines) is 1. The summed E-state index contributed by atoms with van der Waals surface area (Å²) >= 11 is 0. The van der Waals surface area contributed by atoms with Crippen molar-refractivity contribution in [3.05, 3.63) is 18.2 Å². The Balaban J connectivity index is 1.34. The van der Waals surface area contributed by atoms with Crippen molar-refractivity contribution in [2.75, 3.05) is 45.8 Å². The largest absolute Gasteiger partial charge is 0.343 e. The molecule has 23 heavy (non-hydrogen) atoms. The first-order chi connectivity index (χ1) is 11.3. The summed E-state index contributed by atoms with van der Waals surface area (Å²) in [5, 5.41) is 0. The molecule has 2 aliphatic rings. The van der Waals surface area contributed by atoms with Crippen molar-refractivity contribution in [3.8, 4) is 0 Å². The topological polar surface area (TPSA) is 44.6 Å². The Labute approximate surface area is 139 Å². The van der Waals surface area contributed by atoms with Gasteiger partial charge in [0.15, 0.2) is 0 Å². The Morgan fingerprint density at radius 1 is 1.09 bits per heavy atom. The molecule has 0 aliphatic carbocycles. The predicted octanol–water partition coefficient (Wildman–Crippen LogP) is 1.03. The maximum atomic E-state index is 11.6. The van der Waals surface area contributed by atoms with Crippen LogP contribution in [0.15, 0.2) is 12.4 Å². The standard InChI is InChI=1S/C17H29N5O/c1-2-21-10-6-18-16(21)15-20-13-11-19(12-14-20)7-4-9-22-8-3-5-17(22)23/h6,10H,2-5,7-9,11-15H2,1H3. The van der Waals surface area contributed by atoms with Crippen molar-refractivity contribution in [2.45, 2.75) is 39.3 Å². The third-order valence-electron chi connectivity index (χ3n) is 5.05. The van der Waals surface area contributed by atoms with E-state index in [1.807, 2.05) is 11.1 Å². The number of carbonyl (C=O) groups is 1. The molecule has 2 fully saturated rings. The molecule has 1 aromatic heterocycles. The lowest BCUT2D eigenvalue weighted by Gasteiger charge is -2.34. The zero-order chi connectivity index (χ0) is 16.1. The molecule has 0 spiro atoms. The fourth-order valence-electron chi connectivity index (χ4n) is 3.58. The summed E-state index contributed by atoms with van der Waals surface area (Å²) in [5.74, 6) is 1.52. The van der Waals surface area contributed by atoms with Gasteiger partial charge >= 0.3 is 0 Å². The van der Waals surface area contributed by atoms with Gasteiger partial charge in [-0.15, -0.1) is 0 Å². The molecule has 0 atom stereocenters. The van der Waals surface area contributed by atoms with E-state index in [-0.39, 0.29) is 0 Å². The van der Waals surface area contributed by atoms with Crippen LogP contribution in [0.1, 0.15) is 32.0 Å². The van der Waals surface area contributed by atoms with Crippen LogP contribution in [0.2, 0.25) is 0 Å². The number of imidazole rings is 1. The lowest BCUT2D eigenvalue weighted by atomic mass is 10.2. The molecule has 1 amide bonds. The van der Waals surface area contributed by atoms with Gasteiger partial charge in [-0.1, -0.05) is 0 Å². The second kappa shape index (κ2) is 7.93. The van der Waals surface area contributed by atoms with E-state index >= 15 is 0 Å². The van der Waals surface area contributed by atoms with E-state index in [4.69, 9.17) is 0 Å². The third kappa shape index (κ3) is 4.32. The highest BCUT2D eigenvalue weighted by Gasteiger charge is 2.21. The van der Waals surface area contributed by atoms with Gasteiger partial charge in [0.05, 0.1) is 6.54 Å². The Bertz CT molecular complexity index is 507. The minimum Gasteiger partial charge on any atom is -0.343 e. The Kier molecular flexibility index (Phi) is 5.67. The van der Waals surface area contributed by atoms with Gasteiger partial charge in [-0.25, -0.2) is 4.98 Å². The van der Waals surface area contributed by atoms with Gasteiger partial charge < -0.3 is 14.4 Å². The van der Waals surface area contributed by atoms with E-state index in [9.17, 15) is 4.79 Å². The van der Waals surface area contributed by atoms with Crippen LogP contribution in [-0.2, 0) is 17.9 Å². The van der Waals surface area contributed by atoms with Crippen molar-refractivity contribution in [3.63, 3.8) is 0 Å². The summed E-state index contributed by atoms with van der Waals surface area (Å²) in [6, 6.07) is 0. The van der Waals surface area contributed by atoms with Gasteiger partial charge in [-0.3, -0.25) is 9.69 Å². The molecule has 0 aromatic carbocycles. The molecule has 2 saturated heterocycles. The number of nitrogens with zero attached hydrogens (tertiary/aromatic N) is 5. The molecule has 3 rings (SSSR count). The molecule has 128 valence electrons. The number of hydrogen-bond donors (Lipinski definition) is 0. The summed E-state index contributed by atoms with van der Waals surface area (Å²) in [7, 11) is 0. The highest BCUT2D eigenvalue weighted by atomic mass is 16.2. The van der Waals surface area contributed by atoms with Crippen molar-refractivity contribution in [1.29, 1.82) is 0 Å². The van der Waals surface area contributed by atoms with Crippen LogP contribution in [0, 0.1) is 0 Å². The quantitative estimate of drug-likeness (QED) is 0.753. The Hall–Kier alpha value is -1.40. The van der Waals surface area contributed by atoms with Gasteiger partial charge in [0.2, 0.25) is 5.91 Å². The molecule has 1 aromatic rings. The summed E-state index contributed by atoms with van der Waals surface area (Å²) < 4.78 is 2.22. The van der Waals surface area contributed by atoms with Crippen LogP contribution in [0.3, 0.4) is 0 Å². The zero-order valence-electron chi connectivity index (χ0n) is 14.3. The summed E-state index contributed by atoms with van der Waals surface area (Å²) in [4.78, 5) is 23.1. The Morgan fingerprint density at radius 3 is 2.57 bits per heavy atom.